The molecule has 0 aliphatic carbocycles. The van der Waals surface area contributed by atoms with Gasteiger partial charge in [-0.15, -0.1) is 0 Å². The summed E-state index contributed by atoms with van der Waals surface area (Å²) >= 11 is 0. The Kier molecular flexibility index (Phi) is 7.46. The van der Waals surface area contributed by atoms with Gasteiger partial charge in [0.05, 0.1) is 12.2 Å². The van der Waals surface area contributed by atoms with Crippen LogP contribution in [0.15, 0.2) is 39.8 Å². The average Bonchev–Trinajstić information content (AvgIpc) is 3.12. The molecule has 3 rings (SSSR count). The van der Waals surface area contributed by atoms with E-state index >= 15 is 0 Å². The zero-order chi connectivity index (χ0) is 20.6. The topological polar surface area (TPSA) is 66.1 Å². The van der Waals surface area contributed by atoms with E-state index in [1.165, 1.54) is 12.1 Å². The zero-order valence-corrected chi connectivity index (χ0v) is 17.4. The fraction of sp³-hybridized carbons (Fsp3) is 0.524. The molecule has 2 heterocycles. The van der Waals surface area contributed by atoms with Crippen molar-refractivity contribution < 1.29 is 13.7 Å². The molecular weight excluding hydrogens is 373 g/mol. The maximum atomic E-state index is 13.0. The highest BCUT2D eigenvalue weighted by Gasteiger charge is 2.20. The highest BCUT2D eigenvalue weighted by molar-refractivity contribution is 5.80. The van der Waals surface area contributed by atoms with Gasteiger partial charge in [-0.2, -0.15) is 0 Å². The summed E-state index contributed by atoms with van der Waals surface area (Å²) < 4.78 is 24.0. The van der Waals surface area contributed by atoms with Crippen LogP contribution in [0, 0.1) is 12.7 Å². The number of rotatable bonds is 7. The molecule has 0 amide bonds. The predicted molar refractivity (Wildman–Crippen MR) is 111 cm³/mol. The Labute approximate surface area is 171 Å². The van der Waals surface area contributed by atoms with E-state index in [1.54, 1.807) is 12.1 Å². The molecule has 1 fully saturated rings. The first kappa shape index (κ1) is 21.1. The Bertz CT molecular complexity index is 785. The smallest absolute Gasteiger partial charge is 0.194 e. The summed E-state index contributed by atoms with van der Waals surface area (Å²) in [5.41, 5.74) is 0.975. The first-order valence-electron chi connectivity index (χ1n) is 10.1. The number of nitrogens with one attached hydrogen (secondary N) is 1. The van der Waals surface area contributed by atoms with E-state index in [4.69, 9.17) is 14.3 Å². The molecule has 1 aliphatic heterocycles. The van der Waals surface area contributed by atoms with Crippen LogP contribution < -0.4 is 10.1 Å². The summed E-state index contributed by atoms with van der Waals surface area (Å²) in [5, 5.41) is 7.45. The Hall–Kier alpha value is -2.61. The van der Waals surface area contributed by atoms with Crippen molar-refractivity contribution in [1.82, 2.24) is 20.3 Å². The lowest BCUT2D eigenvalue weighted by Gasteiger charge is -2.36. The maximum absolute atomic E-state index is 13.0. The van der Waals surface area contributed by atoms with Gasteiger partial charge in [0.2, 0.25) is 0 Å². The van der Waals surface area contributed by atoms with Crippen molar-refractivity contribution in [1.29, 1.82) is 0 Å². The number of nitrogens with zero attached hydrogens (tertiary/aromatic N) is 4. The van der Waals surface area contributed by atoms with Crippen molar-refractivity contribution in [2.75, 3.05) is 39.3 Å². The molecule has 1 unspecified atom stereocenters. The second kappa shape index (κ2) is 10.2. The number of aromatic nitrogens is 1. The standard InChI is InChI=1S/C21H30FN5O2/c1-4-23-21(24-14-17(3)28-20-7-5-18(22)6-8-20)27-11-9-26(10-12-27)15-19-13-16(2)29-25-19/h5-8,13,17H,4,9-12,14-15H2,1-3H3,(H,23,24). The molecule has 1 atom stereocenters. The largest absolute Gasteiger partial charge is 0.489 e. The van der Waals surface area contributed by atoms with Crippen molar-refractivity contribution in [3.8, 4) is 5.75 Å². The van der Waals surface area contributed by atoms with E-state index < -0.39 is 0 Å². The Morgan fingerprint density at radius 2 is 2.00 bits per heavy atom. The molecule has 0 saturated carbocycles. The van der Waals surface area contributed by atoms with Gasteiger partial charge in [-0.05, 0) is 45.0 Å². The van der Waals surface area contributed by atoms with E-state index in [-0.39, 0.29) is 11.9 Å². The number of benzene rings is 1. The normalized spacial score (nSPS) is 16.7. The van der Waals surface area contributed by atoms with Gasteiger partial charge < -0.3 is 19.5 Å². The zero-order valence-electron chi connectivity index (χ0n) is 17.4. The number of guanidine groups is 1. The third-order valence-corrected chi connectivity index (χ3v) is 4.72. The first-order chi connectivity index (χ1) is 14.0. The van der Waals surface area contributed by atoms with Crippen LogP contribution in [0.2, 0.25) is 0 Å². The van der Waals surface area contributed by atoms with Crippen molar-refractivity contribution in [2.24, 2.45) is 4.99 Å². The van der Waals surface area contributed by atoms with Crippen LogP contribution in [0.1, 0.15) is 25.3 Å². The van der Waals surface area contributed by atoms with Crippen LogP contribution in [-0.4, -0.2) is 66.3 Å². The second-order valence-corrected chi connectivity index (χ2v) is 7.27. The second-order valence-electron chi connectivity index (χ2n) is 7.27. The minimum Gasteiger partial charge on any atom is -0.489 e. The summed E-state index contributed by atoms with van der Waals surface area (Å²) in [5.74, 6) is 2.13. The molecule has 0 spiro atoms. The fourth-order valence-electron chi connectivity index (χ4n) is 3.26. The molecule has 7 nitrogen and oxygen atoms in total. The lowest BCUT2D eigenvalue weighted by atomic mass is 10.3. The SMILES string of the molecule is CCNC(=NCC(C)Oc1ccc(F)cc1)N1CCN(Cc2cc(C)on2)CC1. The van der Waals surface area contributed by atoms with E-state index in [0.29, 0.717) is 12.3 Å². The Balaban J connectivity index is 1.50. The third kappa shape index (κ3) is 6.45. The number of aliphatic imine (C=N–C) groups is 1. The molecule has 1 aromatic heterocycles. The molecule has 2 aromatic rings. The summed E-state index contributed by atoms with van der Waals surface area (Å²) in [6.45, 7) is 11.8. The molecule has 1 aliphatic rings. The molecule has 0 bridgehead atoms. The number of halogens is 1. The van der Waals surface area contributed by atoms with E-state index in [2.05, 4.69) is 27.2 Å². The summed E-state index contributed by atoms with van der Waals surface area (Å²) in [4.78, 5) is 9.40. The first-order valence-corrected chi connectivity index (χ1v) is 10.1. The average molecular weight is 404 g/mol. The number of piperazine rings is 1. The molecule has 1 saturated heterocycles. The van der Waals surface area contributed by atoms with E-state index in [1.807, 2.05) is 19.9 Å². The lowest BCUT2D eigenvalue weighted by molar-refractivity contribution is 0.168. The predicted octanol–water partition coefficient (Wildman–Crippen LogP) is 2.67. The van der Waals surface area contributed by atoms with Crippen molar-refractivity contribution in [3.05, 3.63) is 47.6 Å². The monoisotopic (exact) mass is 403 g/mol. The lowest BCUT2D eigenvalue weighted by Crippen LogP contribution is -2.52. The van der Waals surface area contributed by atoms with E-state index in [9.17, 15) is 4.39 Å². The number of ether oxygens (including phenoxy) is 1. The van der Waals surface area contributed by atoms with Crippen LogP contribution in [0.5, 0.6) is 5.75 Å². The Morgan fingerprint density at radius 1 is 1.28 bits per heavy atom. The molecule has 1 aromatic carbocycles. The van der Waals surface area contributed by atoms with Gasteiger partial charge in [-0.25, -0.2) is 9.38 Å². The van der Waals surface area contributed by atoms with Crippen molar-refractivity contribution in [2.45, 2.75) is 33.4 Å². The molecule has 29 heavy (non-hydrogen) atoms. The van der Waals surface area contributed by atoms with Crippen LogP contribution in [0.4, 0.5) is 4.39 Å². The quantitative estimate of drug-likeness (QED) is 0.566. The minimum atomic E-state index is -0.268. The molecule has 158 valence electrons. The highest BCUT2D eigenvalue weighted by Crippen LogP contribution is 2.13. The summed E-state index contributed by atoms with van der Waals surface area (Å²) in [6.07, 6.45) is -0.106. The summed E-state index contributed by atoms with van der Waals surface area (Å²) in [7, 11) is 0. The Morgan fingerprint density at radius 3 is 2.62 bits per heavy atom. The van der Waals surface area contributed by atoms with Gasteiger partial charge in [-0.3, -0.25) is 4.90 Å². The number of hydrogen-bond donors (Lipinski definition) is 1. The highest BCUT2D eigenvalue weighted by atomic mass is 19.1. The van der Waals surface area contributed by atoms with Crippen molar-refractivity contribution >= 4 is 5.96 Å². The number of aryl methyl sites for hydroxylation is 1. The van der Waals surface area contributed by atoms with Crippen molar-refractivity contribution in [3.63, 3.8) is 0 Å². The third-order valence-electron chi connectivity index (χ3n) is 4.72. The molecular formula is C21H30FN5O2. The van der Waals surface area contributed by atoms with Crippen LogP contribution in [0.25, 0.3) is 0 Å². The van der Waals surface area contributed by atoms with Gasteiger partial charge in [0.1, 0.15) is 23.4 Å². The van der Waals surface area contributed by atoms with Crippen LogP contribution >= 0.6 is 0 Å². The van der Waals surface area contributed by atoms with Gasteiger partial charge in [0.15, 0.2) is 5.96 Å². The fourth-order valence-corrected chi connectivity index (χ4v) is 3.26. The van der Waals surface area contributed by atoms with Gasteiger partial charge >= 0.3 is 0 Å². The van der Waals surface area contributed by atoms with Crippen LogP contribution in [0.3, 0.4) is 0 Å². The molecule has 0 radical (unpaired) electrons. The molecule has 8 heteroatoms. The van der Waals surface area contributed by atoms with Gasteiger partial charge in [0.25, 0.3) is 0 Å². The van der Waals surface area contributed by atoms with Gasteiger partial charge in [-0.1, -0.05) is 5.16 Å². The van der Waals surface area contributed by atoms with Crippen LogP contribution in [-0.2, 0) is 6.54 Å². The van der Waals surface area contributed by atoms with Gasteiger partial charge in [0, 0.05) is 45.3 Å². The number of hydrogen-bond acceptors (Lipinski definition) is 5. The maximum Gasteiger partial charge on any atom is 0.194 e. The van der Waals surface area contributed by atoms with E-state index in [0.717, 1.165) is 56.7 Å². The summed E-state index contributed by atoms with van der Waals surface area (Å²) in [6, 6.07) is 8.05. The minimum absolute atomic E-state index is 0.106. The molecule has 1 N–H and O–H groups in total.